The molecule has 0 saturated carbocycles. The van der Waals surface area contributed by atoms with Crippen molar-refractivity contribution in [3.8, 4) is 23.2 Å². The zero-order valence-electron chi connectivity index (χ0n) is 17.0. The van der Waals surface area contributed by atoms with Gasteiger partial charge in [-0.3, -0.25) is 4.90 Å². The number of ether oxygens (including phenoxy) is 1. The van der Waals surface area contributed by atoms with E-state index < -0.39 is 0 Å². The third-order valence-corrected chi connectivity index (χ3v) is 6.86. The molecule has 0 bridgehead atoms. The summed E-state index contributed by atoms with van der Waals surface area (Å²) in [6, 6.07) is 11.6. The van der Waals surface area contributed by atoms with Crippen molar-refractivity contribution in [1.29, 1.82) is 0 Å². The molecule has 1 aromatic carbocycles. The first-order valence-electron chi connectivity index (χ1n) is 10.1. The molecular formula is C22H24N4O3S. The zero-order valence-corrected chi connectivity index (χ0v) is 17.8. The molecule has 0 aliphatic carbocycles. The first kappa shape index (κ1) is 19.1. The van der Waals surface area contributed by atoms with Crippen LogP contribution in [0.15, 0.2) is 47.1 Å². The molecule has 30 heavy (non-hydrogen) atoms. The number of methoxy groups -OCH3 is 1. The van der Waals surface area contributed by atoms with Gasteiger partial charge < -0.3 is 14.3 Å². The summed E-state index contributed by atoms with van der Waals surface area (Å²) < 4.78 is 12.4. The van der Waals surface area contributed by atoms with Crippen molar-refractivity contribution in [2.24, 2.45) is 5.92 Å². The summed E-state index contributed by atoms with van der Waals surface area (Å²) in [4.78, 5) is 8.51. The van der Waals surface area contributed by atoms with Gasteiger partial charge in [0, 0.05) is 0 Å². The van der Waals surface area contributed by atoms with E-state index in [2.05, 4.69) is 28.0 Å². The molecule has 0 amide bonds. The second kappa shape index (κ2) is 7.77. The predicted molar refractivity (Wildman–Crippen MR) is 115 cm³/mol. The van der Waals surface area contributed by atoms with E-state index in [4.69, 9.17) is 9.15 Å². The molecular weight excluding hydrogens is 400 g/mol. The molecule has 1 atom stereocenters. The number of aromatic nitrogens is 3. The average molecular weight is 425 g/mol. The summed E-state index contributed by atoms with van der Waals surface area (Å²) >= 11 is 1.47. The van der Waals surface area contributed by atoms with Gasteiger partial charge in [0.2, 0.25) is 16.7 Å². The molecule has 3 aromatic heterocycles. The maximum absolute atomic E-state index is 11.1. The molecule has 1 aliphatic heterocycles. The molecule has 1 saturated heterocycles. The van der Waals surface area contributed by atoms with Gasteiger partial charge in [0.25, 0.3) is 0 Å². The fraction of sp³-hybridized carbons (Fsp3) is 0.364. The Kier molecular flexibility index (Phi) is 4.96. The highest BCUT2D eigenvalue weighted by Crippen LogP contribution is 2.42. The molecule has 7 nitrogen and oxygen atoms in total. The Balaban J connectivity index is 1.58. The number of fused-ring (bicyclic) bond motifs is 1. The normalized spacial score (nSPS) is 16.9. The second-order valence-electron chi connectivity index (χ2n) is 7.79. The fourth-order valence-corrected chi connectivity index (χ4v) is 5.18. The van der Waals surface area contributed by atoms with Crippen molar-refractivity contribution in [3.63, 3.8) is 0 Å². The van der Waals surface area contributed by atoms with E-state index in [-0.39, 0.29) is 11.9 Å². The highest BCUT2D eigenvalue weighted by molar-refractivity contribution is 7.17. The minimum atomic E-state index is -0.0758. The van der Waals surface area contributed by atoms with Gasteiger partial charge in [-0.25, -0.2) is 0 Å². The Morgan fingerprint density at radius 3 is 2.77 bits per heavy atom. The van der Waals surface area contributed by atoms with Gasteiger partial charge in [-0.2, -0.15) is 9.50 Å². The SMILES string of the molecule is COc1cccc([C@@H](c2sc3nc(-c4ccco4)nn3c2O)N2CCC(C)CC2)c1. The number of hydrogen-bond donors (Lipinski definition) is 1. The maximum Gasteiger partial charge on any atom is 0.230 e. The largest absolute Gasteiger partial charge is 0.497 e. The standard InChI is InChI=1S/C22H24N4O3S/c1-14-8-10-25(11-9-14)18(15-5-3-6-16(13-15)28-2)19-21(27)26-22(30-19)23-20(24-26)17-7-4-12-29-17/h3-7,12-14,18,27H,8-11H2,1-2H3/t18-/m0/s1. The number of rotatable bonds is 5. The summed E-state index contributed by atoms with van der Waals surface area (Å²) in [5, 5.41) is 15.6. The van der Waals surface area contributed by atoms with Gasteiger partial charge in [0.05, 0.1) is 24.3 Å². The first-order valence-corrected chi connectivity index (χ1v) is 11.0. The zero-order chi connectivity index (χ0) is 20.7. The molecule has 1 aliphatic rings. The van der Waals surface area contributed by atoms with E-state index >= 15 is 0 Å². The lowest BCUT2D eigenvalue weighted by molar-refractivity contribution is 0.157. The quantitative estimate of drug-likeness (QED) is 0.505. The fourth-order valence-electron chi connectivity index (χ4n) is 4.06. The van der Waals surface area contributed by atoms with Crippen LogP contribution in [-0.2, 0) is 0 Å². The van der Waals surface area contributed by atoms with E-state index in [9.17, 15) is 5.11 Å². The highest BCUT2D eigenvalue weighted by Gasteiger charge is 2.32. The molecule has 156 valence electrons. The van der Waals surface area contributed by atoms with Crippen LogP contribution in [0.4, 0.5) is 0 Å². The monoisotopic (exact) mass is 424 g/mol. The Bertz CT molecular complexity index is 1140. The summed E-state index contributed by atoms with van der Waals surface area (Å²) in [6.45, 7) is 4.26. The summed E-state index contributed by atoms with van der Waals surface area (Å²) in [6.07, 6.45) is 3.88. The smallest absolute Gasteiger partial charge is 0.230 e. The summed E-state index contributed by atoms with van der Waals surface area (Å²) in [5.41, 5.74) is 1.09. The lowest BCUT2D eigenvalue weighted by Gasteiger charge is -2.36. The van der Waals surface area contributed by atoms with E-state index in [1.165, 1.54) is 15.9 Å². The van der Waals surface area contributed by atoms with E-state index in [0.717, 1.165) is 48.0 Å². The van der Waals surface area contributed by atoms with Crippen LogP contribution in [0.3, 0.4) is 0 Å². The molecule has 5 rings (SSSR count). The predicted octanol–water partition coefficient (Wildman–Crippen LogP) is 4.59. The third kappa shape index (κ3) is 3.36. The van der Waals surface area contributed by atoms with Crippen molar-refractivity contribution in [2.75, 3.05) is 20.2 Å². The highest BCUT2D eigenvalue weighted by atomic mass is 32.1. The molecule has 4 aromatic rings. The lowest BCUT2D eigenvalue weighted by Crippen LogP contribution is -2.36. The van der Waals surface area contributed by atoms with Crippen LogP contribution in [0.1, 0.15) is 36.2 Å². The second-order valence-corrected chi connectivity index (χ2v) is 8.80. The van der Waals surface area contributed by atoms with Crippen LogP contribution in [0.25, 0.3) is 16.5 Å². The van der Waals surface area contributed by atoms with Crippen LogP contribution in [0, 0.1) is 5.92 Å². The number of piperidine rings is 1. The minimum Gasteiger partial charge on any atom is -0.497 e. The van der Waals surface area contributed by atoms with E-state index in [1.807, 2.05) is 24.3 Å². The Morgan fingerprint density at radius 1 is 1.23 bits per heavy atom. The number of furan rings is 1. The number of thiazole rings is 1. The van der Waals surface area contributed by atoms with Gasteiger partial charge in [-0.1, -0.05) is 30.4 Å². The van der Waals surface area contributed by atoms with Crippen LogP contribution in [0.5, 0.6) is 11.6 Å². The summed E-state index contributed by atoms with van der Waals surface area (Å²) in [7, 11) is 1.67. The molecule has 0 spiro atoms. The Labute approximate surface area is 178 Å². The molecule has 8 heteroatoms. The topological polar surface area (TPSA) is 76.0 Å². The average Bonchev–Trinajstić information content (AvgIpc) is 3.49. The number of aromatic hydroxyl groups is 1. The molecule has 0 unspecified atom stereocenters. The van der Waals surface area contributed by atoms with E-state index in [1.54, 1.807) is 19.4 Å². The number of benzene rings is 1. The number of nitrogens with zero attached hydrogens (tertiary/aromatic N) is 4. The van der Waals surface area contributed by atoms with Gasteiger partial charge in [-0.15, -0.1) is 5.10 Å². The van der Waals surface area contributed by atoms with Crippen LogP contribution < -0.4 is 4.74 Å². The van der Waals surface area contributed by atoms with Gasteiger partial charge in [0.15, 0.2) is 5.76 Å². The van der Waals surface area contributed by atoms with Crippen molar-refractivity contribution in [2.45, 2.75) is 25.8 Å². The van der Waals surface area contributed by atoms with Gasteiger partial charge in [-0.05, 0) is 61.7 Å². The van der Waals surface area contributed by atoms with E-state index in [0.29, 0.717) is 16.5 Å². The first-order chi connectivity index (χ1) is 14.6. The van der Waals surface area contributed by atoms with Crippen LogP contribution >= 0.6 is 11.3 Å². The maximum atomic E-state index is 11.1. The van der Waals surface area contributed by atoms with Crippen LogP contribution in [-0.4, -0.2) is 44.8 Å². The molecule has 0 radical (unpaired) electrons. The number of hydrogen-bond acceptors (Lipinski definition) is 7. The third-order valence-electron chi connectivity index (χ3n) is 5.78. The Hall–Kier alpha value is -2.84. The molecule has 1 N–H and O–H groups in total. The van der Waals surface area contributed by atoms with Gasteiger partial charge >= 0.3 is 0 Å². The minimum absolute atomic E-state index is 0.0758. The van der Waals surface area contributed by atoms with Gasteiger partial charge in [0.1, 0.15) is 5.75 Å². The lowest BCUT2D eigenvalue weighted by atomic mass is 9.95. The van der Waals surface area contributed by atoms with Crippen molar-refractivity contribution >= 4 is 16.3 Å². The van der Waals surface area contributed by atoms with Crippen molar-refractivity contribution in [3.05, 3.63) is 53.1 Å². The van der Waals surface area contributed by atoms with Crippen LogP contribution in [0.2, 0.25) is 0 Å². The molecule has 4 heterocycles. The number of likely N-dealkylation sites (tertiary alicyclic amines) is 1. The Morgan fingerprint density at radius 2 is 2.07 bits per heavy atom. The van der Waals surface area contributed by atoms with Crippen molar-refractivity contribution < 1.29 is 14.3 Å². The molecule has 1 fully saturated rings. The van der Waals surface area contributed by atoms with Crippen molar-refractivity contribution in [1.82, 2.24) is 19.5 Å². The summed E-state index contributed by atoms with van der Waals surface area (Å²) in [5.74, 6) is 2.71.